The van der Waals surface area contributed by atoms with Gasteiger partial charge in [-0.2, -0.15) is 0 Å². The maximum atomic E-state index is 9.67. The molecular weight excluding hydrogens is 242 g/mol. The van der Waals surface area contributed by atoms with Gasteiger partial charge in [0, 0.05) is 18.1 Å². The van der Waals surface area contributed by atoms with Crippen molar-refractivity contribution in [3.8, 4) is 11.5 Å². The second-order valence-electron chi connectivity index (χ2n) is 5.67. The summed E-state index contributed by atoms with van der Waals surface area (Å²) in [6.45, 7) is 8.99. The molecule has 1 N–H and O–H groups in total. The lowest BCUT2D eigenvalue weighted by molar-refractivity contribution is -0.0696. The molecule has 1 heterocycles. The van der Waals surface area contributed by atoms with Crippen LogP contribution in [0, 0.1) is 0 Å². The Labute approximate surface area is 114 Å². The zero-order valence-electron chi connectivity index (χ0n) is 12.1. The lowest BCUT2D eigenvalue weighted by Crippen LogP contribution is -2.53. The summed E-state index contributed by atoms with van der Waals surface area (Å²) >= 11 is 0. The number of rotatable bonds is 3. The highest BCUT2D eigenvalue weighted by Crippen LogP contribution is 2.34. The topological polar surface area (TPSA) is 41.9 Å². The number of hydrogen-bond donors (Lipinski definition) is 1. The maximum absolute atomic E-state index is 9.67. The molecule has 1 aromatic carbocycles. The number of ether oxygens (including phenoxy) is 2. The van der Waals surface area contributed by atoms with Crippen LogP contribution < -0.4 is 4.74 Å². The molecule has 1 atom stereocenters. The summed E-state index contributed by atoms with van der Waals surface area (Å²) in [4.78, 5) is 2.43. The smallest absolute Gasteiger partial charge is 0.160 e. The lowest BCUT2D eigenvalue weighted by Gasteiger charge is -2.45. The average Bonchev–Trinajstić information content (AvgIpc) is 2.38. The van der Waals surface area contributed by atoms with Gasteiger partial charge in [0.1, 0.15) is 0 Å². The van der Waals surface area contributed by atoms with E-state index in [0.29, 0.717) is 5.75 Å². The summed E-state index contributed by atoms with van der Waals surface area (Å²) in [5.41, 5.74) is 1.16. The van der Waals surface area contributed by atoms with Crippen LogP contribution in [0.1, 0.15) is 32.4 Å². The third-order valence-electron chi connectivity index (χ3n) is 3.86. The largest absolute Gasteiger partial charge is 0.504 e. The summed E-state index contributed by atoms with van der Waals surface area (Å²) < 4.78 is 10.7. The molecule has 0 amide bonds. The van der Waals surface area contributed by atoms with Crippen LogP contribution in [0.4, 0.5) is 0 Å². The number of phenols is 1. The molecule has 0 aromatic heterocycles. The number of nitrogens with zero attached hydrogens (tertiary/aromatic N) is 1. The Balaban J connectivity index is 2.25. The van der Waals surface area contributed by atoms with Gasteiger partial charge in [-0.25, -0.2) is 0 Å². The molecule has 0 bridgehead atoms. The second kappa shape index (κ2) is 5.39. The van der Waals surface area contributed by atoms with Gasteiger partial charge in [-0.1, -0.05) is 6.07 Å². The molecule has 0 radical (unpaired) electrons. The standard InChI is InChI=1S/C15H23NO3/c1-11(16-7-8-19-10-15(16,2)3)12-5-6-13(17)14(9-12)18-4/h5-6,9,11,17H,7-8,10H2,1-4H3. The van der Waals surface area contributed by atoms with Crippen molar-refractivity contribution in [2.24, 2.45) is 0 Å². The van der Waals surface area contributed by atoms with E-state index >= 15 is 0 Å². The van der Waals surface area contributed by atoms with E-state index in [0.717, 1.165) is 25.3 Å². The molecule has 4 heteroatoms. The van der Waals surface area contributed by atoms with E-state index in [2.05, 4.69) is 25.7 Å². The predicted octanol–water partition coefficient (Wildman–Crippen LogP) is 2.57. The maximum Gasteiger partial charge on any atom is 0.160 e. The summed E-state index contributed by atoms with van der Waals surface area (Å²) in [7, 11) is 1.57. The molecule has 0 saturated carbocycles. The Hall–Kier alpha value is -1.26. The fraction of sp³-hybridized carbons (Fsp3) is 0.600. The van der Waals surface area contributed by atoms with Gasteiger partial charge < -0.3 is 14.6 Å². The fourth-order valence-electron chi connectivity index (χ4n) is 2.72. The molecule has 0 spiro atoms. The van der Waals surface area contributed by atoms with Gasteiger partial charge in [0.05, 0.1) is 20.3 Å². The molecule has 1 aromatic rings. The molecule has 19 heavy (non-hydrogen) atoms. The highest BCUT2D eigenvalue weighted by molar-refractivity contribution is 5.42. The molecule has 1 unspecified atom stereocenters. The van der Waals surface area contributed by atoms with Gasteiger partial charge in [0.15, 0.2) is 11.5 Å². The molecule has 2 rings (SSSR count). The first-order chi connectivity index (χ1) is 8.95. The normalized spacial score (nSPS) is 21.1. The third-order valence-corrected chi connectivity index (χ3v) is 3.86. The van der Waals surface area contributed by atoms with E-state index in [1.807, 2.05) is 12.1 Å². The number of benzene rings is 1. The summed E-state index contributed by atoms with van der Waals surface area (Å²) in [5, 5.41) is 9.67. The van der Waals surface area contributed by atoms with Gasteiger partial charge in [-0.05, 0) is 38.5 Å². The lowest BCUT2D eigenvalue weighted by atomic mass is 9.96. The minimum atomic E-state index is 0.0167. The van der Waals surface area contributed by atoms with Crippen LogP contribution in [0.2, 0.25) is 0 Å². The van der Waals surface area contributed by atoms with Gasteiger partial charge in [-0.15, -0.1) is 0 Å². The minimum Gasteiger partial charge on any atom is -0.504 e. The predicted molar refractivity (Wildman–Crippen MR) is 74.7 cm³/mol. The Morgan fingerprint density at radius 2 is 2.16 bits per heavy atom. The van der Waals surface area contributed by atoms with Crippen LogP contribution >= 0.6 is 0 Å². The molecule has 106 valence electrons. The number of phenolic OH excluding ortho intramolecular Hbond substituents is 1. The van der Waals surface area contributed by atoms with Crippen molar-refractivity contribution in [2.75, 3.05) is 26.9 Å². The summed E-state index contributed by atoms with van der Waals surface area (Å²) in [6.07, 6.45) is 0. The SMILES string of the molecule is COc1cc(C(C)N2CCOCC2(C)C)ccc1O. The van der Waals surface area contributed by atoms with Crippen LogP contribution in [-0.2, 0) is 4.74 Å². The van der Waals surface area contributed by atoms with Crippen LogP contribution in [0.5, 0.6) is 11.5 Å². The fourth-order valence-corrected chi connectivity index (χ4v) is 2.72. The third kappa shape index (κ3) is 2.85. The van der Waals surface area contributed by atoms with Gasteiger partial charge >= 0.3 is 0 Å². The molecular formula is C15H23NO3. The first-order valence-electron chi connectivity index (χ1n) is 6.67. The highest BCUT2D eigenvalue weighted by Gasteiger charge is 2.34. The van der Waals surface area contributed by atoms with Crippen molar-refractivity contribution < 1.29 is 14.6 Å². The Kier molecular flexibility index (Phi) is 4.02. The van der Waals surface area contributed by atoms with Crippen molar-refractivity contribution in [3.63, 3.8) is 0 Å². The Morgan fingerprint density at radius 3 is 2.79 bits per heavy atom. The zero-order chi connectivity index (χ0) is 14.0. The van der Waals surface area contributed by atoms with Gasteiger partial charge in [0.2, 0.25) is 0 Å². The van der Waals surface area contributed by atoms with Gasteiger partial charge in [0.25, 0.3) is 0 Å². The van der Waals surface area contributed by atoms with E-state index in [1.165, 1.54) is 0 Å². The van der Waals surface area contributed by atoms with E-state index in [4.69, 9.17) is 9.47 Å². The van der Waals surface area contributed by atoms with E-state index < -0.39 is 0 Å². The molecule has 1 aliphatic heterocycles. The molecule has 0 aliphatic carbocycles. The number of methoxy groups -OCH3 is 1. The highest BCUT2D eigenvalue weighted by atomic mass is 16.5. The van der Waals surface area contributed by atoms with E-state index in [9.17, 15) is 5.11 Å². The molecule has 1 aliphatic rings. The van der Waals surface area contributed by atoms with Crippen LogP contribution in [-0.4, -0.2) is 42.4 Å². The first-order valence-corrected chi connectivity index (χ1v) is 6.67. The van der Waals surface area contributed by atoms with E-state index in [1.54, 1.807) is 13.2 Å². The second-order valence-corrected chi connectivity index (χ2v) is 5.67. The quantitative estimate of drug-likeness (QED) is 0.912. The van der Waals surface area contributed by atoms with Crippen LogP contribution in [0.15, 0.2) is 18.2 Å². The van der Waals surface area contributed by atoms with Crippen molar-refractivity contribution in [1.82, 2.24) is 4.90 Å². The molecule has 1 fully saturated rings. The van der Waals surface area contributed by atoms with Crippen molar-refractivity contribution >= 4 is 0 Å². The van der Waals surface area contributed by atoms with Crippen molar-refractivity contribution in [2.45, 2.75) is 32.4 Å². The number of morpholine rings is 1. The summed E-state index contributed by atoms with van der Waals surface area (Å²) in [5.74, 6) is 0.704. The zero-order valence-corrected chi connectivity index (χ0v) is 12.1. The monoisotopic (exact) mass is 265 g/mol. The van der Waals surface area contributed by atoms with Crippen LogP contribution in [0.25, 0.3) is 0 Å². The number of aromatic hydroxyl groups is 1. The van der Waals surface area contributed by atoms with Crippen molar-refractivity contribution in [1.29, 1.82) is 0 Å². The van der Waals surface area contributed by atoms with Gasteiger partial charge in [-0.3, -0.25) is 4.90 Å². The van der Waals surface area contributed by atoms with E-state index in [-0.39, 0.29) is 17.3 Å². The molecule has 4 nitrogen and oxygen atoms in total. The Bertz CT molecular complexity index is 445. The number of hydrogen-bond acceptors (Lipinski definition) is 4. The van der Waals surface area contributed by atoms with Crippen molar-refractivity contribution in [3.05, 3.63) is 23.8 Å². The Morgan fingerprint density at radius 1 is 1.42 bits per heavy atom. The average molecular weight is 265 g/mol. The minimum absolute atomic E-state index is 0.0167. The summed E-state index contributed by atoms with van der Waals surface area (Å²) in [6, 6.07) is 5.81. The molecule has 1 saturated heterocycles. The first kappa shape index (κ1) is 14.2. The van der Waals surface area contributed by atoms with Crippen LogP contribution in [0.3, 0.4) is 0 Å².